The number of fused-ring (bicyclic) bond motifs is 1. The van der Waals surface area contributed by atoms with Gasteiger partial charge in [0.05, 0.1) is 24.9 Å². The fourth-order valence-electron chi connectivity index (χ4n) is 4.75. The molecule has 2 aliphatic rings. The van der Waals surface area contributed by atoms with Gasteiger partial charge in [-0.25, -0.2) is 23.7 Å². The molecule has 6 rings (SSSR count). The normalized spacial score (nSPS) is 20.1. The van der Waals surface area contributed by atoms with Crippen LogP contribution in [0.1, 0.15) is 43.3 Å². The van der Waals surface area contributed by atoms with Gasteiger partial charge in [0.1, 0.15) is 28.9 Å². The van der Waals surface area contributed by atoms with Crippen LogP contribution >= 0.6 is 0 Å². The van der Waals surface area contributed by atoms with Crippen LogP contribution in [0.15, 0.2) is 35.4 Å². The number of anilines is 1. The van der Waals surface area contributed by atoms with E-state index in [2.05, 4.69) is 20.1 Å². The van der Waals surface area contributed by atoms with E-state index in [1.54, 1.807) is 11.1 Å². The quantitative estimate of drug-likeness (QED) is 0.354. The number of hydrogen-bond donors (Lipinski definition) is 0. The first kappa shape index (κ1) is 25.3. The standard InChI is InChI=1S/C25H22F5N7O2/c1-12-9-36(11-18(39-12)13-8-31-37(10-13)15-4-5-15)24-33-19(16-6-3-14(26)7-17(16)27)20-21(34-24)22(38)35(2)23(32-20)25(28,29)30/h3,6-8,10,12,15,18H,4-5,9,11H2,1-2H3/t12-,18-/m1/s1. The molecule has 2 fully saturated rings. The molecule has 4 heterocycles. The zero-order valence-corrected chi connectivity index (χ0v) is 20.8. The molecule has 0 spiro atoms. The van der Waals surface area contributed by atoms with Crippen LogP contribution in [-0.4, -0.2) is 48.5 Å². The van der Waals surface area contributed by atoms with Crippen molar-refractivity contribution in [3.05, 3.63) is 64.0 Å². The van der Waals surface area contributed by atoms with E-state index >= 15 is 0 Å². The summed E-state index contributed by atoms with van der Waals surface area (Å²) in [6, 6.07) is 2.94. The van der Waals surface area contributed by atoms with Crippen molar-refractivity contribution in [3.63, 3.8) is 0 Å². The van der Waals surface area contributed by atoms with Gasteiger partial charge in [-0.1, -0.05) is 0 Å². The van der Waals surface area contributed by atoms with E-state index in [4.69, 9.17) is 4.74 Å². The minimum atomic E-state index is -4.98. The molecule has 1 aliphatic carbocycles. The van der Waals surface area contributed by atoms with Crippen molar-refractivity contribution in [2.24, 2.45) is 7.05 Å². The molecule has 9 nitrogen and oxygen atoms in total. The highest BCUT2D eigenvalue weighted by Gasteiger charge is 2.38. The molecule has 1 saturated heterocycles. The Morgan fingerprint density at radius 3 is 2.51 bits per heavy atom. The molecule has 1 saturated carbocycles. The summed E-state index contributed by atoms with van der Waals surface area (Å²) in [5, 5.41) is 4.41. The molecule has 0 N–H and O–H groups in total. The first-order valence-electron chi connectivity index (χ1n) is 12.3. The summed E-state index contributed by atoms with van der Waals surface area (Å²) in [4.78, 5) is 27.1. The lowest BCUT2D eigenvalue weighted by atomic mass is 10.1. The number of aromatic nitrogens is 6. The Labute approximate surface area is 217 Å². The van der Waals surface area contributed by atoms with Crippen LogP contribution in [0, 0.1) is 11.6 Å². The van der Waals surface area contributed by atoms with Crippen molar-refractivity contribution in [1.82, 2.24) is 29.3 Å². The van der Waals surface area contributed by atoms with E-state index in [0.717, 1.165) is 37.6 Å². The molecule has 0 radical (unpaired) electrons. The number of halogens is 5. The first-order chi connectivity index (χ1) is 18.5. The molecule has 0 amide bonds. The zero-order chi connectivity index (χ0) is 27.6. The number of nitrogens with zero attached hydrogens (tertiary/aromatic N) is 7. The van der Waals surface area contributed by atoms with Gasteiger partial charge < -0.3 is 9.64 Å². The SMILES string of the molecule is C[C@@H]1CN(c2nc(-c3ccc(F)cc3F)c3nc(C(F)(F)F)n(C)c(=O)c3n2)C[C@H](c2cnn(C3CC3)c2)O1. The van der Waals surface area contributed by atoms with Gasteiger partial charge in [-0.15, -0.1) is 0 Å². The number of hydrogen-bond acceptors (Lipinski definition) is 7. The van der Waals surface area contributed by atoms with Gasteiger partial charge >= 0.3 is 6.18 Å². The van der Waals surface area contributed by atoms with Gasteiger partial charge in [0, 0.05) is 37.0 Å². The molecule has 39 heavy (non-hydrogen) atoms. The third kappa shape index (κ3) is 4.62. The third-order valence-electron chi connectivity index (χ3n) is 6.81. The van der Waals surface area contributed by atoms with Crippen LogP contribution < -0.4 is 10.5 Å². The van der Waals surface area contributed by atoms with Crippen molar-refractivity contribution >= 4 is 17.0 Å². The highest BCUT2D eigenvalue weighted by Crippen LogP contribution is 2.36. The second kappa shape index (κ2) is 9.07. The van der Waals surface area contributed by atoms with E-state index in [1.165, 1.54) is 0 Å². The van der Waals surface area contributed by atoms with Gasteiger partial charge in [-0.3, -0.25) is 14.0 Å². The number of benzene rings is 1. The lowest BCUT2D eigenvalue weighted by Gasteiger charge is -2.36. The van der Waals surface area contributed by atoms with E-state index in [9.17, 15) is 26.7 Å². The monoisotopic (exact) mass is 547 g/mol. The van der Waals surface area contributed by atoms with E-state index in [-0.39, 0.29) is 29.9 Å². The Balaban J connectivity index is 1.50. The fraction of sp³-hybridized carbons (Fsp3) is 0.400. The van der Waals surface area contributed by atoms with Crippen molar-refractivity contribution in [2.75, 3.05) is 18.0 Å². The molecule has 1 aromatic carbocycles. The molecular weight excluding hydrogens is 525 g/mol. The maximum absolute atomic E-state index is 14.9. The smallest absolute Gasteiger partial charge is 0.367 e. The molecule has 0 bridgehead atoms. The second-order valence-electron chi connectivity index (χ2n) is 9.82. The van der Waals surface area contributed by atoms with Gasteiger partial charge in [0.25, 0.3) is 5.56 Å². The molecule has 2 atom stereocenters. The summed E-state index contributed by atoms with van der Waals surface area (Å²) in [6.07, 6.45) is 0.0308. The zero-order valence-electron chi connectivity index (χ0n) is 20.8. The van der Waals surface area contributed by atoms with Crippen LogP contribution in [0.25, 0.3) is 22.3 Å². The molecule has 204 valence electrons. The van der Waals surface area contributed by atoms with Crippen LogP contribution in [0.4, 0.5) is 27.9 Å². The Bertz CT molecular complexity index is 1650. The lowest BCUT2D eigenvalue weighted by molar-refractivity contribution is -0.147. The summed E-state index contributed by atoms with van der Waals surface area (Å²) in [7, 11) is 0.932. The van der Waals surface area contributed by atoms with Crippen LogP contribution in [0.2, 0.25) is 0 Å². The van der Waals surface area contributed by atoms with Crippen LogP contribution in [0.3, 0.4) is 0 Å². The van der Waals surface area contributed by atoms with Crippen molar-refractivity contribution in [2.45, 2.75) is 44.2 Å². The molecule has 4 aromatic rings. The largest absolute Gasteiger partial charge is 0.449 e. The summed E-state index contributed by atoms with van der Waals surface area (Å²) in [5.74, 6) is -3.47. The highest BCUT2D eigenvalue weighted by molar-refractivity contribution is 5.89. The Kier molecular flexibility index (Phi) is 5.90. The Morgan fingerprint density at radius 1 is 1.05 bits per heavy atom. The van der Waals surface area contributed by atoms with Gasteiger partial charge in [0.15, 0.2) is 5.52 Å². The van der Waals surface area contributed by atoms with Gasteiger partial charge in [-0.05, 0) is 31.9 Å². The average Bonchev–Trinajstić information content (AvgIpc) is 3.61. The summed E-state index contributed by atoms with van der Waals surface area (Å²) >= 11 is 0. The minimum Gasteiger partial charge on any atom is -0.367 e. The van der Waals surface area contributed by atoms with Gasteiger partial charge in [-0.2, -0.15) is 18.3 Å². The second-order valence-corrected chi connectivity index (χ2v) is 9.82. The molecule has 3 aromatic heterocycles. The Hall–Kier alpha value is -3.94. The van der Waals surface area contributed by atoms with E-state index in [0.29, 0.717) is 23.2 Å². The summed E-state index contributed by atoms with van der Waals surface area (Å²) in [5.41, 5.74) is -1.88. The van der Waals surface area contributed by atoms with E-state index in [1.807, 2.05) is 17.8 Å². The maximum atomic E-state index is 14.9. The van der Waals surface area contributed by atoms with Crippen molar-refractivity contribution < 1.29 is 26.7 Å². The van der Waals surface area contributed by atoms with Gasteiger partial charge in [0.2, 0.25) is 11.8 Å². The summed E-state index contributed by atoms with van der Waals surface area (Å²) in [6.45, 7) is 2.37. The Morgan fingerprint density at radius 2 is 1.82 bits per heavy atom. The summed E-state index contributed by atoms with van der Waals surface area (Å²) < 4.78 is 78.0. The number of rotatable bonds is 4. The highest BCUT2D eigenvalue weighted by atomic mass is 19.4. The van der Waals surface area contributed by atoms with Crippen molar-refractivity contribution in [1.29, 1.82) is 0 Å². The average molecular weight is 547 g/mol. The predicted octanol–water partition coefficient (Wildman–Crippen LogP) is 4.19. The molecule has 14 heteroatoms. The number of ether oxygens (including phenoxy) is 1. The van der Waals surface area contributed by atoms with E-state index < -0.39 is 46.3 Å². The topological polar surface area (TPSA) is 91.0 Å². The number of alkyl halides is 3. The molecule has 1 aliphatic heterocycles. The fourth-order valence-corrected chi connectivity index (χ4v) is 4.75. The third-order valence-corrected chi connectivity index (χ3v) is 6.81. The molecule has 0 unspecified atom stereocenters. The maximum Gasteiger partial charge on any atom is 0.449 e. The van der Waals surface area contributed by atoms with Crippen LogP contribution in [-0.2, 0) is 18.0 Å². The molecular formula is C25H22F5N7O2. The van der Waals surface area contributed by atoms with Crippen molar-refractivity contribution in [3.8, 4) is 11.3 Å². The minimum absolute atomic E-state index is 0.0189. The predicted molar refractivity (Wildman–Crippen MR) is 129 cm³/mol. The first-order valence-corrected chi connectivity index (χ1v) is 12.3. The van der Waals surface area contributed by atoms with Crippen LogP contribution in [0.5, 0.6) is 0 Å². The lowest BCUT2D eigenvalue weighted by Crippen LogP contribution is -2.44. The number of morpholine rings is 1.